The molecule has 0 amide bonds. The number of rotatable bonds is 0. The Kier molecular flexibility index (Phi) is 2.17. The summed E-state index contributed by atoms with van der Waals surface area (Å²) in [5.74, 6) is 0.429. The van der Waals surface area contributed by atoms with Gasteiger partial charge in [-0.3, -0.25) is 0 Å². The fourth-order valence-corrected chi connectivity index (χ4v) is 1.98. The van der Waals surface area contributed by atoms with Gasteiger partial charge in [0.15, 0.2) is 0 Å². The number of nitrogen functional groups attached to an aromatic ring is 1. The van der Waals surface area contributed by atoms with Gasteiger partial charge in [-0.05, 0) is 38.2 Å². The summed E-state index contributed by atoms with van der Waals surface area (Å²) in [7, 11) is 0. The van der Waals surface area contributed by atoms with Gasteiger partial charge in [0.25, 0.3) is 0 Å². The molecule has 0 unspecified atom stereocenters. The number of anilines is 1. The fraction of sp³-hybridized carbons (Fsp3) is 0.600. The molecule has 3 nitrogen and oxygen atoms in total. The van der Waals surface area contributed by atoms with Crippen LogP contribution in [0.4, 0.5) is 5.95 Å². The second-order valence-electron chi connectivity index (χ2n) is 3.65. The van der Waals surface area contributed by atoms with Gasteiger partial charge in [-0.15, -0.1) is 0 Å². The molecule has 0 fully saturated rings. The molecule has 1 aromatic rings. The van der Waals surface area contributed by atoms with Crippen LogP contribution in [0.15, 0.2) is 0 Å². The van der Waals surface area contributed by atoms with Crippen molar-refractivity contribution in [2.75, 3.05) is 5.73 Å². The molecule has 0 saturated heterocycles. The first kappa shape index (κ1) is 8.48. The van der Waals surface area contributed by atoms with E-state index < -0.39 is 0 Å². The van der Waals surface area contributed by atoms with Crippen molar-refractivity contribution in [3.8, 4) is 0 Å². The van der Waals surface area contributed by atoms with Gasteiger partial charge >= 0.3 is 0 Å². The van der Waals surface area contributed by atoms with Crippen molar-refractivity contribution in [3.05, 3.63) is 17.0 Å². The van der Waals surface area contributed by atoms with Gasteiger partial charge in [0, 0.05) is 11.4 Å². The first-order valence-electron chi connectivity index (χ1n) is 4.89. The largest absolute Gasteiger partial charge is 0.368 e. The van der Waals surface area contributed by atoms with Gasteiger partial charge in [-0.2, -0.15) is 0 Å². The molecule has 3 heteroatoms. The lowest BCUT2D eigenvalue weighted by Crippen LogP contribution is -2.05. The third-order valence-electron chi connectivity index (χ3n) is 2.66. The Morgan fingerprint density at radius 2 is 1.85 bits per heavy atom. The highest BCUT2D eigenvalue weighted by atomic mass is 15.0. The quantitative estimate of drug-likeness (QED) is 0.613. The van der Waals surface area contributed by atoms with E-state index in [2.05, 4.69) is 9.97 Å². The molecule has 13 heavy (non-hydrogen) atoms. The molecule has 0 spiro atoms. The van der Waals surface area contributed by atoms with E-state index in [1.807, 2.05) is 6.92 Å². The van der Waals surface area contributed by atoms with Crippen LogP contribution < -0.4 is 5.73 Å². The Balaban J connectivity index is 2.47. The molecular formula is C10H15N3. The van der Waals surface area contributed by atoms with E-state index in [1.54, 1.807) is 0 Å². The monoisotopic (exact) mass is 177 g/mol. The smallest absolute Gasteiger partial charge is 0.220 e. The van der Waals surface area contributed by atoms with E-state index in [0.717, 1.165) is 18.5 Å². The van der Waals surface area contributed by atoms with Crippen LogP contribution in [0.3, 0.4) is 0 Å². The lowest BCUT2D eigenvalue weighted by atomic mass is 10.1. The van der Waals surface area contributed by atoms with Crippen molar-refractivity contribution in [1.29, 1.82) is 0 Å². The zero-order valence-corrected chi connectivity index (χ0v) is 8.01. The molecule has 1 aliphatic rings. The molecule has 70 valence electrons. The van der Waals surface area contributed by atoms with Crippen LogP contribution in [-0.2, 0) is 12.8 Å². The van der Waals surface area contributed by atoms with E-state index in [4.69, 9.17) is 5.73 Å². The maximum absolute atomic E-state index is 5.61. The van der Waals surface area contributed by atoms with E-state index >= 15 is 0 Å². The number of hydrogen-bond acceptors (Lipinski definition) is 3. The molecule has 0 atom stereocenters. The number of aromatic nitrogens is 2. The predicted molar refractivity (Wildman–Crippen MR) is 52.4 cm³/mol. The zero-order valence-electron chi connectivity index (χ0n) is 8.01. The van der Waals surface area contributed by atoms with Gasteiger partial charge < -0.3 is 5.73 Å². The van der Waals surface area contributed by atoms with Crippen LogP contribution in [0, 0.1) is 6.92 Å². The number of nitrogens with zero attached hydrogens (tertiary/aromatic N) is 2. The summed E-state index contributed by atoms with van der Waals surface area (Å²) in [6, 6.07) is 0. The van der Waals surface area contributed by atoms with Gasteiger partial charge in [-0.1, -0.05) is 6.42 Å². The Labute approximate surface area is 78.4 Å². The average Bonchev–Trinajstić information content (AvgIpc) is 2.28. The molecule has 0 saturated carbocycles. The second kappa shape index (κ2) is 3.32. The minimum absolute atomic E-state index is 0.429. The molecule has 1 heterocycles. The van der Waals surface area contributed by atoms with Crippen LogP contribution >= 0.6 is 0 Å². The molecule has 0 aliphatic heterocycles. The molecular weight excluding hydrogens is 162 g/mol. The highest BCUT2D eigenvalue weighted by molar-refractivity contribution is 5.32. The molecule has 0 aromatic carbocycles. The summed E-state index contributed by atoms with van der Waals surface area (Å²) in [5.41, 5.74) is 9.21. The lowest BCUT2D eigenvalue weighted by molar-refractivity contribution is 0.708. The van der Waals surface area contributed by atoms with Crippen molar-refractivity contribution < 1.29 is 0 Å². The standard InChI is InChI=1S/C10H15N3/c1-7-8-5-3-2-4-6-9(8)13-10(11)12-7/h2-6H2,1H3,(H2,11,12,13). The highest BCUT2D eigenvalue weighted by Crippen LogP contribution is 2.21. The Morgan fingerprint density at radius 1 is 1.08 bits per heavy atom. The van der Waals surface area contributed by atoms with Crippen LogP contribution in [0.1, 0.15) is 36.2 Å². The third-order valence-corrected chi connectivity index (χ3v) is 2.66. The molecule has 1 aliphatic carbocycles. The van der Waals surface area contributed by atoms with E-state index in [9.17, 15) is 0 Å². The first-order valence-corrected chi connectivity index (χ1v) is 4.89. The zero-order chi connectivity index (χ0) is 9.26. The van der Waals surface area contributed by atoms with E-state index in [0.29, 0.717) is 5.95 Å². The number of fused-ring (bicyclic) bond motifs is 1. The Hall–Kier alpha value is -1.12. The van der Waals surface area contributed by atoms with Gasteiger partial charge in [0.2, 0.25) is 5.95 Å². The van der Waals surface area contributed by atoms with Crippen molar-refractivity contribution in [1.82, 2.24) is 9.97 Å². The fourth-order valence-electron chi connectivity index (χ4n) is 1.98. The molecule has 1 aromatic heterocycles. The van der Waals surface area contributed by atoms with Gasteiger partial charge in [0.05, 0.1) is 0 Å². The SMILES string of the molecule is Cc1nc(N)nc2c1CCCCC2. The molecule has 2 N–H and O–H groups in total. The van der Waals surface area contributed by atoms with E-state index in [1.165, 1.54) is 30.5 Å². The Bertz CT molecular complexity index is 320. The summed E-state index contributed by atoms with van der Waals surface area (Å²) < 4.78 is 0. The maximum atomic E-state index is 5.61. The van der Waals surface area contributed by atoms with E-state index in [-0.39, 0.29) is 0 Å². The molecule has 0 radical (unpaired) electrons. The first-order chi connectivity index (χ1) is 6.27. The minimum atomic E-state index is 0.429. The van der Waals surface area contributed by atoms with Crippen LogP contribution in [-0.4, -0.2) is 9.97 Å². The summed E-state index contributed by atoms with van der Waals surface area (Å²) in [6.45, 7) is 2.03. The third kappa shape index (κ3) is 1.64. The van der Waals surface area contributed by atoms with Gasteiger partial charge in [0.1, 0.15) is 0 Å². The number of hydrogen-bond donors (Lipinski definition) is 1. The summed E-state index contributed by atoms with van der Waals surface area (Å²) >= 11 is 0. The Morgan fingerprint density at radius 3 is 2.69 bits per heavy atom. The highest BCUT2D eigenvalue weighted by Gasteiger charge is 2.12. The van der Waals surface area contributed by atoms with Crippen molar-refractivity contribution in [3.63, 3.8) is 0 Å². The average molecular weight is 177 g/mol. The summed E-state index contributed by atoms with van der Waals surface area (Å²) in [6.07, 6.45) is 6.00. The van der Waals surface area contributed by atoms with Crippen molar-refractivity contribution in [2.24, 2.45) is 0 Å². The van der Waals surface area contributed by atoms with Crippen molar-refractivity contribution >= 4 is 5.95 Å². The maximum Gasteiger partial charge on any atom is 0.220 e. The van der Waals surface area contributed by atoms with Gasteiger partial charge in [-0.25, -0.2) is 9.97 Å². The van der Waals surface area contributed by atoms with Crippen LogP contribution in [0.25, 0.3) is 0 Å². The molecule has 0 bridgehead atoms. The number of aryl methyl sites for hydroxylation is 2. The molecule has 2 rings (SSSR count). The summed E-state index contributed by atoms with van der Waals surface area (Å²) in [4.78, 5) is 8.50. The number of nitrogens with two attached hydrogens (primary N) is 1. The topological polar surface area (TPSA) is 51.8 Å². The second-order valence-corrected chi connectivity index (χ2v) is 3.65. The van der Waals surface area contributed by atoms with Crippen LogP contribution in [0.2, 0.25) is 0 Å². The van der Waals surface area contributed by atoms with Crippen molar-refractivity contribution in [2.45, 2.75) is 39.0 Å². The lowest BCUT2D eigenvalue weighted by Gasteiger charge is -2.07. The minimum Gasteiger partial charge on any atom is -0.368 e. The van der Waals surface area contributed by atoms with Crippen LogP contribution in [0.5, 0.6) is 0 Å². The summed E-state index contributed by atoms with van der Waals surface area (Å²) in [5, 5.41) is 0. The normalized spacial score (nSPS) is 16.4. The predicted octanol–water partition coefficient (Wildman–Crippen LogP) is 1.64.